The molecule has 0 aliphatic carbocycles. The molecule has 4 heteroatoms. The Morgan fingerprint density at radius 3 is 2.71 bits per heavy atom. The fraction of sp³-hybridized carbons (Fsp3) is 0.400. The zero-order valence-electron chi connectivity index (χ0n) is 8.52. The van der Waals surface area contributed by atoms with Crippen LogP contribution in [-0.2, 0) is 0 Å². The van der Waals surface area contributed by atoms with Gasteiger partial charge in [0.1, 0.15) is 11.0 Å². The minimum atomic E-state index is 0.322. The summed E-state index contributed by atoms with van der Waals surface area (Å²) in [5, 5.41) is 8.01. The molecule has 0 aliphatic rings. The van der Waals surface area contributed by atoms with Crippen LogP contribution in [0, 0.1) is 6.92 Å². The number of fused-ring (bicyclic) bond motifs is 1. The molecule has 0 N–H and O–H groups in total. The highest BCUT2D eigenvalue weighted by Crippen LogP contribution is 2.18. The second-order valence-corrected chi connectivity index (χ2v) is 3.63. The van der Waals surface area contributed by atoms with Crippen LogP contribution in [0.25, 0.3) is 11.0 Å². The van der Waals surface area contributed by atoms with E-state index < -0.39 is 0 Å². The van der Waals surface area contributed by atoms with E-state index in [0.29, 0.717) is 5.92 Å². The molecule has 0 bridgehead atoms. The van der Waals surface area contributed by atoms with E-state index in [4.69, 9.17) is 0 Å². The van der Waals surface area contributed by atoms with Crippen molar-refractivity contribution in [1.29, 1.82) is 0 Å². The SMILES string of the molecule is Cc1cnc2c(C(C)C)nncc2n1. The van der Waals surface area contributed by atoms with Gasteiger partial charge in [-0.2, -0.15) is 10.2 Å². The van der Waals surface area contributed by atoms with Crippen molar-refractivity contribution >= 4 is 11.0 Å². The predicted molar refractivity (Wildman–Crippen MR) is 54.0 cm³/mol. The Labute approximate surface area is 82.4 Å². The van der Waals surface area contributed by atoms with Crippen LogP contribution in [0.5, 0.6) is 0 Å². The lowest BCUT2D eigenvalue weighted by atomic mass is 10.1. The molecule has 2 rings (SSSR count). The topological polar surface area (TPSA) is 51.6 Å². The first-order chi connectivity index (χ1) is 6.68. The van der Waals surface area contributed by atoms with Crippen LogP contribution in [0.15, 0.2) is 12.4 Å². The third-order valence-corrected chi connectivity index (χ3v) is 2.05. The summed E-state index contributed by atoms with van der Waals surface area (Å²) in [5.41, 5.74) is 3.50. The van der Waals surface area contributed by atoms with Gasteiger partial charge in [0.15, 0.2) is 0 Å². The molecule has 4 nitrogen and oxygen atoms in total. The standard InChI is InChI=1S/C10H12N4/c1-6(2)9-10-8(5-12-14-9)13-7(3)4-11-10/h4-6H,1-3H3. The molecule has 2 aromatic heterocycles. The smallest absolute Gasteiger partial charge is 0.114 e. The zero-order valence-corrected chi connectivity index (χ0v) is 8.52. The van der Waals surface area contributed by atoms with Crippen molar-refractivity contribution in [3.63, 3.8) is 0 Å². The number of hydrogen-bond donors (Lipinski definition) is 0. The molecule has 0 atom stereocenters. The lowest BCUT2D eigenvalue weighted by molar-refractivity contribution is 0.793. The molecule has 0 fully saturated rings. The van der Waals surface area contributed by atoms with Crippen LogP contribution >= 0.6 is 0 Å². The van der Waals surface area contributed by atoms with Gasteiger partial charge in [-0.25, -0.2) is 4.98 Å². The van der Waals surface area contributed by atoms with Gasteiger partial charge in [0.05, 0.1) is 17.6 Å². The van der Waals surface area contributed by atoms with Gasteiger partial charge < -0.3 is 0 Å². The monoisotopic (exact) mass is 188 g/mol. The van der Waals surface area contributed by atoms with Crippen LogP contribution in [0.3, 0.4) is 0 Å². The molecule has 0 saturated heterocycles. The number of nitrogens with zero attached hydrogens (tertiary/aromatic N) is 4. The van der Waals surface area contributed by atoms with Gasteiger partial charge >= 0.3 is 0 Å². The minimum absolute atomic E-state index is 0.322. The molecule has 14 heavy (non-hydrogen) atoms. The summed E-state index contributed by atoms with van der Waals surface area (Å²) in [6.07, 6.45) is 3.41. The van der Waals surface area contributed by atoms with Crippen molar-refractivity contribution in [3.05, 3.63) is 23.8 Å². The van der Waals surface area contributed by atoms with Gasteiger partial charge in [0.25, 0.3) is 0 Å². The average molecular weight is 188 g/mol. The third kappa shape index (κ3) is 1.43. The Morgan fingerprint density at radius 2 is 2.00 bits per heavy atom. The Hall–Kier alpha value is -1.58. The molecular formula is C10H12N4. The maximum Gasteiger partial charge on any atom is 0.114 e. The van der Waals surface area contributed by atoms with Gasteiger partial charge in [0.2, 0.25) is 0 Å². The second kappa shape index (κ2) is 3.29. The van der Waals surface area contributed by atoms with Crippen LogP contribution in [-0.4, -0.2) is 20.2 Å². The number of rotatable bonds is 1. The normalized spacial score (nSPS) is 11.1. The average Bonchev–Trinajstić information content (AvgIpc) is 2.16. The van der Waals surface area contributed by atoms with E-state index in [0.717, 1.165) is 22.4 Å². The molecule has 0 amide bonds. The summed E-state index contributed by atoms with van der Waals surface area (Å²) >= 11 is 0. The van der Waals surface area contributed by atoms with Crippen LogP contribution in [0.4, 0.5) is 0 Å². The maximum absolute atomic E-state index is 4.35. The Balaban J connectivity index is 2.75. The van der Waals surface area contributed by atoms with Crippen molar-refractivity contribution in [2.45, 2.75) is 26.7 Å². The molecule has 2 aromatic rings. The highest BCUT2D eigenvalue weighted by molar-refractivity contribution is 5.75. The van der Waals surface area contributed by atoms with Crippen molar-refractivity contribution < 1.29 is 0 Å². The first-order valence-corrected chi connectivity index (χ1v) is 4.63. The maximum atomic E-state index is 4.35. The Kier molecular flexibility index (Phi) is 2.11. The fourth-order valence-corrected chi connectivity index (χ4v) is 1.37. The van der Waals surface area contributed by atoms with E-state index in [1.165, 1.54) is 0 Å². The first-order valence-electron chi connectivity index (χ1n) is 4.63. The molecule has 0 aliphatic heterocycles. The van der Waals surface area contributed by atoms with Crippen molar-refractivity contribution in [2.75, 3.05) is 0 Å². The highest BCUT2D eigenvalue weighted by Gasteiger charge is 2.09. The number of hydrogen-bond acceptors (Lipinski definition) is 4. The van der Waals surface area contributed by atoms with Crippen molar-refractivity contribution in [1.82, 2.24) is 20.2 Å². The van der Waals surface area contributed by atoms with E-state index in [1.807, 2.05) is 6.92 Å². The van der Waals surface area contributed by atoms with Crippen molar-refractivity contribution in [2.24, 2.45) is 0 Å². The van der Waals surface area contributed by atoms with Gasteiger partial charge in [-0.05, 0) is 12.8 Å². The third-order valence-electron chi connectivity index (χ3n) is 2.05. The van der Waals surface area contributed by atoms with Crippen LogP contribution in [0.2, 0.25) is 0 Å². The van der Waals surface area contributed by atoms with Crippen LogP contribution < -0.4 is 0 Å². The van der Waals surface area contributed by atoms with E-state index in [2.05, 4.69) is 34.0 Å². The lowest BCUT2D eigenvalue weighted by Crippen LogP contribution is -2.00. The van der Waals surface area contributed by atoms with Crippen molar-refractivity contribution in [3.8, 4) is 0 Å². The quantitative estimate of drug-likeness (QED) is 0.685. The molecule has 0 spiro atoms. The molecule has 0 radical (unpaired) electrons. The summed E-state index contributed by atoms with van der Waals surface area (Å²) in [5.74, 6) is 0.322. The first kappa shape index (κ1) is 8.99. The second-order valence-electron chi connectivity index (χ2n) is 3.63. The fourth-order valence-electron chi connectivity index (χ4n) is 1.37. The van der Waals surface area contributed by atoms with Gasteiger partial charge in [-0.1, -0.05) is 13.8 Å². The molecule has 72 valence electrons. The van der Waals surface area contributed by atoms with E-state index in [9.17, 15) is 0 Å². The number of aromatic nitrogens is 4. The molecule has 2 heterocycles. The minimum Gasteiger partial charge on any atom is -0.251 e. The summed E-state index contributed by atoms with van der Waals surface area (Å²) in [7, 11) is 0. The van der Waals surface area contributed by atoms with E-state index in [1.54, 1.807) is 12.4 Å². The van der Waals surface area contributed by atoms with Gasteiger partial charge in [-0.15, -0.1) is 0 Å². The largest absolute Gasteiger partial charge is 0.251 e. The summed E-state index contributed by atoms with van der Waals surface area (Å²) in [6.45, 7) is 6.07. The predicted octanol–water partition coefficient (Wildman–Crippen LogP) is 1.85. The summed E-state index contributed by atoms with van der Waals surface area (Å²) < 4.78 is 0. The molecule has 0 unspecified atom stereocenters. The van der Waals surface area contributed by atoms with Crippen LogP contribution in [0.1, 0.15) is 31.2 Å². The van der Waals surface area contributed by atoms with Gasteiger partial charge in [0, 0.05) is 6.20 Å². The molecule has 0 saturated carbocycles. The van der Waals surface area contributed by atoms with Gasteiger partial charge in [-0.3, -0.25) is 4.98 Å². The zero-order chi connectivity index (χ0) is 10.1. The van der Waals surface area contributed by atoms with E-state index >= 15 is 0 Å². The Morgan fingerprint density at radius 1 is 1.21 bits per heavy atom. The summed E-state index contributed by atoms with van der Waals surface area (Å²) in [6, 6.07) is 0. The molecular weight excluding hydrogens is 176 g/mol. The highest BCUT2D eigenvalue weighted by atomic mass is 15.1. The van der Waals surface area contributed by atoms with E-state index in [-0.39, 0.29) is 0 Å². The molecule has 0 aromatic carbocycles. The summed E-state index contributed by atoms with van der Waals surface area (Å²) in [4.78, 5) is 8.69. The number of aryl methyl sites for hydroxylation is 1. The Bertz CT molecular complexity index is 465. The lowest BCUT2D eigenvalue weighted by Gasteiger charge is -2.05.